The molecule has 3 rings (SSSR count). The van der Waals surface area contributed by atoms with E-state index < -0.39 is 15.9 Å². The van der Waals surface area contributed by atoms with Gasteiger partial charge in [-0.15, -0.1) is 0 Å². The summed E-state index contributed by atoms with van der Waals surface area (Å²) in [5.74, 6) is -0.489. The number of carbonyl (C=O) groups is 1. The Bertz CT molecular complexity index is 1140. The van der Waals surface area contributed by atoms with Crippen LogP contribution in [0.2, 0.25) is 5.02 Å². The Kier molecular flexibility index (Phi) is 8.88. The third-order valence-corrected chi connectivity index (χ3v) is 5.24. The van der Waals surface area contributed by atoms with Crippen molar-refractivity contribution in [3.63, 3.8) is 0 Å². The number of benzene rings is 3. The van der Waals surface area contributed by atoms with Crippen molar-refractivity contribution in [2.75, 3.05) is 5.32 Å². The van der Waals surface area contributed by atoms with Gasteiger partial charge in [0.2, 0.25) is 3.79 Å². The maximum atomic E-state index is 12.5. The van der Waals surface area contributed by atoms with Crippen LogP contribution < -0.4 is 16.0 Å². The van der Waals surface area contributed by atoms with Crippen LogP contribution in [0.3, 0.4) is 0 Å². The van der Waals surface area contributed by atoms with Crippen LogP contribution in [0.5, 0.6) is 0 Å². The first-order chi connectivity index (χ1) is 15.7. The van der Waals surface area contributed by atoms with E-state index in [9.17, 15) is 4.79 Å². The van der Waals surface area contributed by atoms with Gasteiger partial charge < -0.3 is 16.0 Å². The molecule has 6 nitrogen and oxygen atoms in total. The van der Waals surface area contributed by atoms with E-state index in [-0.39, 0.29) is 5.11 Å². The van der Waals surface area contributed by atoms with Crippen LogP contribution in [0.1, 0.15) is 10.4 Å². The van der Waals surface area contributed by atoms with Gasteiger partial charge in [0.05, 0.1) is 11.4 Å². The number of hydrogen-bond donors (Lipinski definition) is 3. The van der Waals surface area contributed by atoms with Gasteiger partial charge in [0, 0.05) is 16.3 Å². The molecule has 0 aliphatic carbocycles. The molecule has 0 bridgehead atoms. The molecule has 3 aromatic carbocycles. The Balaban J connectivity index is 1.60. The largest absolute Gasteiger partial charge is 0.339 e. The van der Waals surface area contributed by atoms with Crippen LogP contribution in [-0.2, 0) is 0 Å². The minimum Gasteiger partial charge on any atom is -0.339 e. The second kappa shape index (κ2) is 11.6. The molecule has 1 amide bonds. The highest BCUT2D eigenvalue weighted by Crippen LogP contribution is 2.29. The van der Waals surface area contributed by atoms with Crippen molar-refractivity contribution in [3.05, 3.63) is 89.4 Å². The van der Waals surface area contributed by atoms with Crippen molar-refractivity contribution in [1.29, 1.82) is 0 Å². The fourth-order valence-electron chi connectivity index (χ4n) is 2.56. The molecule has 0 fully saturated rings. The number of alkyl halides is 3. The summed E-state index contributed by atoms with van der Waals surface area (Å²) in [4.78, 5) is 12.5. The molecule has 0 heterocycles. The van der Waals surface area contributed by atoms with Gasteiger partial charge in [0.25, 0.3) is 5.91 Å². The second-order valence-electron chi connectivity index (χ2n) is 6.64. The molecule has 0 spiro atoms. The lowest BCUT2D eigenvalue weighted by atomic mass is 10.2. The zero-order valence-corrected chi connectivity index (χ0v) is 20.6. The number of nitrogens with one attached hydrogen (secondary N) is 3. The van der Waals surface area contributed by atoms with E-state index in [1.807, 2.05) is 30.3 Å². The standard InChI is InChI=1S/C22H17Cl4N5OS/c23-15-6-4-5-14(13-15)19(32)28-20(22(24,25)26)29-21(33)27-16-9-11-18(12-10-16)31-30-17-7-2-1-3-8-17/h1-13,20H,(H,28,32)(H2,27,29,33)/t20-/m1/s1. The molecule has 0 aromatic heterocycles. The predicted molar refractivity (Wildman–Crippen MR) is 139 cm³/mol. The van der Waals surface area contributed by atoms with Gasteiger partial charge >= 0.3 is 0 Å². The fourth-order valence-corrected chi connectivity index (χ4v) is 3.32. The summed E-state index contributed by atoms with van der Waals surface area (Å²) in [6.45, 7) is 0. The number of anilines is 1. The number of carbonyl (C=O) groups excluding carboxylic acids is 1. The molecule has 11 heteroatoms. The number of amides is 1. The minimum absolute atomic E-state index is 0.136. The molecule has 3 N–H and O–H groups in total. The van der Waals surface area contributed by atoms with Crippen LogP contribution in [-0.4, -0.2) is 21.0 Å². The van der Waals surface area contributed by atoms with Crippen molar-refractivity contribution >= 4 is 86.7 Å². The second-order valence-corrected chi connectivity index (χ2v) is 9.85. The predicted octanol–water partition coefficient (Wildman–Crippen LogP) is 7.17. The maximum absolute atomic E-state index is 12.5. The van der Waals surface area contributed by atoms with Crippen molar-refractivity contribution in [1.82, 2.24) is 10.6 Å². The van der Waals surface area contributed by atoms with E-state index in [0.717, 1.165) is 5.69 Å². The van der Waals surface area contributed by atoms with Crippen LogP contribution in [0.25, 0.3) is 0 Å². The van der Waals surface area contributed by atoms with Gasteiger partial charge in [-0.3, -0.25) is 4.79 Å². The quantitative estimate of drug-likeness (QED) is 0.134. The average molecular weight is 541 g/mol. The van der Waals surface area contributed by atoms with Gasteiger partial charge in [-0.2, -0.15) is 10.2 Å². The molecular weight excluding hydrogens is 524 g/mol. The van der Waals surface area contributed by atoms with Crippen molar-refractivity contribution in [2.45, 2.75) is 9.96 Å². The third kappa shape index (κ3) is 8.14. The highest BCUT2D eigenvalue weighted by molar-refractivity contribution is 7.80. The van der Waals surface area contributed by atoms with E-state index >= 15 is 0 Å². The van der Waals surface area contributed by atoms with Crippen LogP contribution >= 0.6 is 58.6 Å². The molecule has 0 aliphatic heterocycles. The van der Waals surface area contributed by atoms with E-state index in [1.54, 1.807) is 42.5 Å². The first-order valence-electron chi connectivity index (χ1n) is 9.48. The van der Waals surface area contributed by atoms with Crippen molar-refractivity contribution in [3.8, 4) is 0 Å². The van der Waals surface area contributed by atoms with Crippen molar-refractivity contribution in [2.24, 2.45) is 10.2 Å². The molecule has 33 heavy (non-hydrogen) atoms. The van der Waals surface area contributed by atoms with Gasteiger partial charge in [0.15, 0.2) is 5.11 Å². The zero-order chi connectivity index (χ0) is 23.8. The highest BCUT2D eigenvalue weighted by atomic mass is 35.6. The molecule has 1 atom stereocenters. The summed E-state index contributed by atoms with van der Waals surface area (Å²) in [7, 11) is 0. The Morgan fingerprint density at radius 2 is 1.48 bits per heavy atom. The van der Waals surface area contributed by atoms with E-state index in [1.165, 1.54) is 6.07 Å². The molecule has 3 aromatic rings. The molecule has 0 saturated heterocycles. The average Bonchev–Trinajstić information content (AvgIpc) is 2.78. The molecule has 0 unspecified atom stereocenters. The first-order valence-corrected chi connectivity index (χ1v) is 11.4. The molecule has 0 aliphatic rings. The van der Waals surface area contributed by atoms with Crippen molar-refractivity contribution < 1.29 is 4.79 Å². The smallest absolute Gasteiger partial charge is 0.253 e. The first kappa shape index (κ1) is 25.2. The lowest BCUT2D eigenvalue weighted by Crippen LogP contribution is -2.56. The number of azo groups is 1. The lowest BCUT2D eigenvalue weighted by Gasteiger charge is -2.27. The van der Waals surface area contributed by atoms with Gasteiger partial charge in [0.1, 0.15) is 6.17 Å². The summed E-state index contributed by atoms with van der Waals surface area (Å²) in [5, 5.41) is 17.3. The Labute approximate surface area is 216 Å². The Morgan fingerprint density at radius 3 is 2.09 bits per heavy atom. The van der Waals surface area contributed by atoms with Crippen LogP contribution in [0.4, 0.5) is 17.1 Å². The number of hydrogen-bond acceptors (Lipinski definition) is 4. The highest BCUT2D eigenvalue weighted by Gasteiger charge is 2.35. The number of thiocarbonyl (C=S) groups is 1. The van der Waals surface area contributed by atoms with Gasteiger partial charge in [-0.1, -0.05) is 70.7 Å². The number of halogens is 4. The van der Waals surface area contributed by atoms with E-state index in [2.05, 4.69) is 26.2 Å². The summed E-state index contributed by atoms with van der Waals surface area (Å²) in [6, 6.07) is 22.8. The molecule has 0 saturated carbocycles. The van der Waals surface area contributed by atoms with E-state index in [0.29, 0.717) is 22.0 Å². The van der Waals surface area contributed by atoms with Gasteiger partial charge in [-0.25, -0.2) is 0 Å². The van der Waals surface area contributed by atoms with Gasteiger partial charge in [-0.05, 0) is 66.8 Å². The molecule has 0 radical (unpaired) electrons. The molecular formula is C22H17Cl4N5OS. The van der Waals surface area contributed by atoms with Crippen LogP contribution in [0.15, 0.2) is 89.1 Å². The topological polar surface area (TPSA) is 77.9 Å². The number of rotatable bonds is 6. The normalized spacial score (nSPS) is 12.2. The maximum Gasteiger partial charge on any atom is 0.253 e. The Morgan fingerprint density at radius 1 is 0.848 bits per heavy atom. The molecule has 170 valence electrons. The SMILES string of the molecule is O=C(N[C@H](NC(=S)Nc1ccc(N=Nc2ccccc2)cc1)C(Cl)(Cl)Cl)c1cccc(Cl)c1. The van der Waals surface area contributed by atoms with E-state index in [4.69, 9.17) is 58.6 Å². The summed E-state index contributed by atoms with van der Waals surface area (Å²) >= 11 is 29.3. The minimum atomic E-state index is -1.89. The summed E-state index contributed by atoms with van der Waals surface area (Å²) in [6.07, 6.45) is -1.12. The zero-order valence-electron chi connectivity index (χ0n) is 16.8. The van der Waals surface area contributed by atoms with Crippen LogP contribution in [0, 0.1) is 0 Å². The summed E-state index contributed by atoms with van der Waals surface area (Å²) in [5.41, 5.74) is 2.39. The fraction of sp³-hybridized carbons (Fsp3) is 0.0909. The monoisotopic (exact) mass is 539 g/mol. The lowest BCUT2D eigenvalue weighted by molar-refractivity contribution is 0.0934. The Hall–Kier alpha value is -2.42. The summed E-state index contributed by atoms with van der Waals surface area (Å²) < 4.78 is -1.89. The number of nitrogens with zero attached hydrogens (tertiary/aromatic N) is 2. The third-order valence-electron chi connectivity index (χ3n) is 4.13.